The van der Waals surface area contributed by atoms with Crippen molar-refractivity contribution >= 4 is 35.0 Å². The molecule has 156 valence electrons. The van der Waals surface area contributed by atoms with Crippen LogP contribution in [0.15, 0.2) is 42.5 Å². The van der Waals surface area contributed by atoms with Gasteiger partial charge in [0.1, 0.15) is 11.9 Å². The summed E-state index contributed by atoms with van der Waals surface area (Å²) in [7, 11) is 0. The third-order valence-electron chi connectivity index (χ3n) is 4.44. The number of carbonyl (C=O) groups is 2. The molecule has 2 amide bonds. The lowest BCUT2D eigenvalue weighted by Crippen LogP contribution is -2.50. The quantitative estimate of drug-likeness (QED) is 0.629. The van der Waals surface area contributed by atoms with Gasteiger partial charge < -0.3 is 10.2 Å². The Labute approximate surface area is 181 Å². The summed E-state index contributed by atoms with van der Waals surface area (Å²) in [6.45, 7) is 5.75. The number of rotatable bonds is 8. The van der Waals surface area contributed by atoms with Gasteiger partial charge in [0.15, 0.2) is 0 Å². The summed E-state index contributed by atoms with van der Waals surface area (Å²) in [5, 5.41) is 3.79. The van der Waals surface area contributed by atoms with Gasteiger partial charge in [0.2, 0.25) is 11.8 Å². The van der Waals surface area contributed by atoms with Crippen LogP contribution in [0, 0.1) is 5.82 Å². The minimum atomic E-state index is -0.655. The number of amides is 2. The molecule has 0 radical (unpaired) electrons. The summed E-state index contributed by atoms with van der Waals surface area (Å²) in [5.74, 6) is -0.831. The van der Waals surface area contributed by atoms with Gasteiger partial charge in [0.05, 0.1) is 6.42 Å². The Hall–Kier alpha value is -2.11. The Morgan fingerprint density at radius 1 is 1.10 bits per heavy atom. The highest BCUT2D eigenvalue weighted by Gasteiger charge is 2.29. The van der Waals surface area contributed by atoms with Crippen molar-refractivity contribution < 1.29 is 14.0 Å². The van der Waals surface area contributed by atoms with Crippen LogP contribution in [-0.4, -0.2) is 28.8 Å². The molecular formula is C22H25Cl2FN2O2. The molecule has 0 heterocycles. The van der Waals surface area contributed by atoms with Crippen LogP contribution in [0.4, 0.5) is 4.39 Å². The Morgan fingerprint density at radius 3 is 2.31 bits per heavy atom. The molecule has 0 saturated carbocycles. The molecular weight excluding hydrogens is 414 g/mol. The first-order valence-corrected chi connectivity index (χ1v) is 10.2. The van der Waals surface area contributed by atoms with Crippen LogP contribution in [-0.2, 0) is 22.6 Å². The molecule has 0 bridgehead atoms. The minimum Gasteiger partial charge on any atom is -0.352 e. The van der Waals surface area contributed by atoms with Crippen LogP contribution in [0.5, 0.6) is 0 Å². The number of halogens is 3. The standard InChI is InChI=1S/C22H25Cl2FN2O2/c1-4-20(22(29)26-14(2)3)27(13-16-7-8-17(23)12-19(16)24)21(28)11-15-5-9-18(25)10-6-15/h5-10,12,14,20H,4,11,13H2,1-3H3,(H,26,29)/t20-/m0/s1. The third-order valence-corrected chi connectivity index (χ3v) is 5.03. The van der Waals surface area contributed by atoms with E-state index in [0.717, 1.165) is 0 Å². The van der Waals surface area contributed by atoms with Gasteiger partial charge in [0.25, 0.3) is 0 Å². The van der Waals surface area contributed by atoms with Crippen LogP contribution in [0.25, 0.3) is 0 Å². The van der Waals surface area contributed by atoms with E-state index in [1.165, 1.54) is 17.0 Å². The lowest BCUT2D eigenvalue weighted by atomic mass is 10.1. The van der Waals surface area contributed by atoms with E-state index in [2.05, 4.69) is 5.32 Å². The molecule has 29 heavy (non-hydrogen) atoms. The Balaban J connectivity index is 2.33. The van der Waals surface area contributed by atoms with Crippen LogP contribution < -0.4 is 5.32 Å². The molecule has 0 fully saturated rings. The zero-order chi connectivity index (χ0) is 21.6. The second-order valence-corrected chi connectivity index (χ2v) is 7.99. The Bertz CT molecular complexity index is 856. The van der Waals surface area contributed by atoms with Crippen molar-refractivity contribution in [2.75, 3.05) is 0 Å². The molecule has 2 rings (SSSR count). The Morgan fingerprint density at radius 2 is 1.76 bits per heavy atom. The zero-order valence-corrected chi connectivity index (χ0v) is 18.2. The van der Waals surface area contributed by atoms with Crippen molar-refractivity contribution in [1.29, 1.82) is 0 Å². The summed E-state index contributed by atoms with van der Waals surface area (Å²) in [5.41, 5.74) is 1.36. The summed E-state index contributed by atoms with van der Waals surface area (Å²) in [6, 6.07) is 10.1. The SMILES string of the molecule is CC[C@@H](C(=O)NC(C)C)N(Cc1ccc(Cl)cc1Cl)C(=O)Cc1ccc(F)cc1. The molecule has 0 aliphatic carbocycles. The Kier molecular flexibility index (Phi) is 8.47. The first kappa shape index (κ1) is 23.2. The van der Waals surface area contributed by atoms with Crippen molar-refractivity contribution in [2.45, 2.75) is 52.2 Å². The lowest BCUT2D eigenvalue weighted by Gasteiger charge is -2.31. The summed E-state index contributed by atoms with van der Waals surface area (Å²) >= 11 is 12.3. The van der Waals surface area contributed by atoms with Crippen molar-refractivity contribution in [2.24, 2.45) is 0 Å². The number of benzene rings is 2. The lowest BCUT2D eigenvalue weighted by molar-refractivity contribution is -0.141. The van der Waals surface area contributed by atoms with Crippen molar-refractivity contribution in [3.63, 3.8) is 0 Å². The minimum absolute atomic E-state index is 0.0512. The fraction of sp³-hybridized carbons (Fsp3) is 0.364. The second kappa shape index (κ2) is 10.6. The van der Waals surface area contributed by atoms with Crippen LogP contribution >= 0.6 is 23.2 Å². The molecule has 2 aromatic rings. The average molecular weight is 439 g/mol. The van der Waals surface area contributed by atoms with E-state index >= 15 is 0 Å². The van der Waals surface area contributed by atoms with Crippen molar-refractivity contribution in [3.8, 4) is 0 Å². The second-order valence-electron chi connectivity index (χ2n) is 7.15. The molecule has 0 spiro atoms. The molecule has 2 aromatic carbocycles. The fourth-order valence-electron chi connectivity index (χ4n) is 3.01. The predicted octanol–water partition coefficient (Wildman–Crippen LogP) is 5.01. The van der Waals surface area contributed by atoms with E-state index in [9.17, 15) is 14.0 Å². The van der Waals surface area contributed by atoms with E-state index in [0.29, 0.717) is 27.6 Å². The van der Waals surface area contributed by atoms with E-state index in [1.54, 1.807) is 30.3 Å². The highest BCUT2D eigenvalue weighted by molar-refractivity contribution is 6.35. The molecule has 7 heteroatoms. The number of carbonyl (C=O) groups excluding carboxylic acids is 2. The highest BCUT2D eigenvalue weighted by atomic mass is 35.5. The van der Waals surface area contributed by atoms with Gasteiger partial charge in [-0.1, -0.05) is 48.3 Å². The smallest absolute Gasteiger partial charge is 0.243 e. The molecule has 1 atom stereocenters. The fourth-order valence-corrected chi connectivity index (χ4v) is 3.48. The molecule has 1 N–H and O–H groups in total. The molecule has 0 aliphatic rings. The first-order chi connectivity index (χ1) is 13.7. The first-order valence-electron chi connectivity index (χ1n) is 9.49. The monoisotopic (exact) mass is 438 g/mol. The largest absolute Gasteiger partial charge is 0.352 e. The predicted molar refractivity (Wildman–Crippen MR) is 114 cm³/mol. The molecule has 0 aromatic heterocycles. The maximum atomic E-state index is 13.2. The normalized spacial score (nSPS) is 12.0. The van der Waals surface area contributed by atoms with Crippen molar-refractivity contribution in [3.05, 3.63) is 69.5 Å². The van der Waals surface area contributed by atoms with E-state index in [4.69, 9.17) is 23.2 Å². The third kappa shape index (κ3) is 6.72. The number of nitrogens with one attached hydrogen (secondary N) is 1. The molecule has 0 unspecified atom stereocenters. The van der Waals surface area contributed by atoms with Gasteiger partial charge in [-0.05, 0) is 55.7 Å². The summed E-state index contributed by atoms with van der Waals surface area (Å²) in [6.07, 6.45) is 0.496. The zero-order valence-electron chi connectivity index (χ0n) is 16.7. The van der Waals surface area contributed by atoms with Gasteiger partial charge in [0, 0.05) is 22.6 Å². The van der Waals surface area contributed by atoms with E-state index in [1.807, 2.05) is 20.8 Å². The van der Waals surface area contributed by atoms with E-state index in [-0.39, 0.29) is 36.6 Å². The molecule has 0 saturated heterocycles. The highest BCUT2D eigenvalue weighted by Crippen LogP contribution is 2.24. The average Bonchev–Trinajstić information content (AvgIpc) is 2.64. The molecule has 0 aliphatic heterocycles. The maximum absolute atomic E-state index is 13.2. The van der Waals surface area contributed by atoms with Crippen LogP contribution in [0.2, 0.25) is 10.0 Å². The van der Waals surface area contributed by atoms with Gasteiger partial charge >= 0.3 is 0 Å². The van der Waals surface area contributed by atoms with Crippen LogP contribution in [0.3, 0.4) is 0 Å². The van der Waals surface area contributed by atoms with Gasteiger partial charge in [-0.2, -0.15) is 0 Å². The summed E-state index contributed by atoms with van der Waals surface area (Å²) < 4.78 is 13.2. The van der Waals surface area contributed by atoms with Gasteiger partial charge in [-0.15, -0.1) is 0 Å². The molecule has 4 nitrogen and oxygen atoms in total. The van der Waals surface area contributed by atoms with Gasteiger partial charge in [-0.3, -0.25) is 9.59 Å². The number of hydrogen-bond donors (Lipinski definition) is 1. The summed E-state index contributed by atoms with van der Waals surface area (Å²) in [4.78, 5) is 27.4. The van der Waals surface area contributed by atoms with E-state index < -0.39 is 6.04 Å². The van der Waals surface area contributed by atoms with Gasteiger partial charge in [-0.25, -0.2) is 4.39 Å². The van der Waals surface area contributed by atoms with Crippen LogP contribution in [0.1, 0.15) is 38.3 Å². The number of nitrogens with zero attached hydrogens (tertiary/aromatic N) is 1. The van der Waals surface area contributed by atoms with Crippen molar-refractivity contribution in [1.82, 2.24) is 10.2 Å². The topological polar surface area (TPSA) is 49.4 Å². The number of hydrogen-bond acceptors (Lipinski definition) is 2. The maximum Gasteiger partial charge on any atom is 0.243 e.